The van der Waals surface area contributed by atoms with Crippen molar-refractivity contribution in [3.63, 3.8) is 0 Å². The van der Waals surface area contributed by atoms with Gasteiger partial charge >= 0.3 is 0 Å². The highest BCUT2D eigenvalue weighted by Crippen LogP contribution is 2.23. The number of methoxy groups -OCH3 is 1. The minimum atomic E-state index is -4.57. The minimum absolute atomic E-state index is 0.211. The highest BCUT2D eigenvalue weighted by molar-refractivity contribution is 8.00. The van der Waals surface area contributed by atoms with Crippen molar-refractivity contribution in [3.8, 4) is 5.75 Å². The summed E-state index contributed by atoms with van der Waals surface area (Å²) < 4.78 is 58.2. The fraction of sp³-hybridized carbons (Fsp3) is 0.143. The molecule has 0 aromatic heterocycles. The second kappa shape index (κ2) is 6.05. The van der Waals surface area contributed by atoms with Crippen LogP contribution < -0.4 is 4.74 Å². The molecule has 0 N–H and O–H groups in total. The van der Waals surface area contributed by atoms with Gasteiger partial charge < -0.3 is 4.74 Å². The topological polar surface area (TPSA) is 72.8 Å². The van der Waals surface area contributed by atoms with Gasteiger partial charge in [-0.1, -0.05) is 21.5 Å². The average molecular weight is 343 g/mol. The van der Waals surface area contributed by atoms with E-state index in [1.807, 2.05) is 0 Å². The van der Waals surface area contributed by atoms with E-state index in [1.54, 1.807) is 19.1 Å². The molecule has 0 aliphatic carbocycles. The largest absolute Gasteiger partial charge is 0.497 e. The van der Waals surface area contributed by atoms with Gasteiger partial charge in [-0.3, -0.25) is 0 Å². The van der Waals surface area contributed by atoms with Crippen LogP contribution in [0.2, 0.25) is 0 Å². The summed E-state index contributed by atoms with van der Waals surface area (Å²) in [7, 11) is -7.50. The number of benzene rings is 2. The first-order valence-corrected chi connectivity index (χ1v) is 9.04. The number of ether oxygens (including phenoxy) is 1. The summed E-state index contributed by atoms with van der Waals surface area (Å²) in [4.78, 5) is -0.541. The maximum Gasteiger partial charge on any atom is 0.292 e. The van der Waals surface area contributed by atoms with Crippen molar-refractivity contribution in [2.45, 2.75) is 16.7 Å². The number of hydrogen-bond donors (Lipinski definition) is 0. The van der Waals surface area contributed by atoms with Gasteiger partial charge in [0, 0.05) is 0 Å². The summed E-state index contributed by atoms with van der Waals surface area (Å²) in [5.74, 6) is 0.431. The molecule has 0 heterocycles. The van der Waals surface area contributed by atoms with Gasteiger partial charge in [0.05, 0.1) is 16.9 Å². The van der Waals surface area contributed by atoms with Gasteiger partial charge in [-0.05, 0) is 43.3 Å². The van der Waals surface area contributed by atoms with E-state index in [1.165, 1.54) is 43.5 Å². The van der Waals surface area contributed by atoms with Crippen LogP contribution in [0, 0.1) is 6.92 Å². The molecule has 0 saturated heterocycles. The van der Waals surface area contributed by atoms with E-state index >= 15 is 0 Å². The minimum Gasteiger partial charge on any atom is -0.497 e. The Labute approximate surface area is 129 Å². The number of sulfonamides is 1. The summed E-state index contributed by atoms with van der Waals surface area (Å²) >= 11 is 0. The van der Waals surface area contributed by atoms with E-state index in [0.29, 0.717) is 5.75 Å². The van der Waals surface area contributed by atoms with Crippen LogP contribution in [0.5, 0.6) is 5.75 Å². The molecule has 0 aliphatic rings. The summed E-state index contributed by atoms with van der Waals surface area (Å²) in [6.07, 6.45) is 0. The Kier molecular flexibility index (Phi) is 4.52. The maximum atomic E-state index is 14.3. The van der Waals surface area contributed by atoms with Crippen LogP contribution in [0.25, 0.3) is 0 Å². The third-order valence-electron chi connectivity index (χ3n) is 2.86. The standard InChI is InChI=1S/C14H14FNO4S2/c1-11-3-7-14(8-4-11)22(18,19)16-21(15,17)13-9-5-12(20-2)6-10-13/h3-10H,1-2H3. The Hall–Kier alpha value is -1.93. The van der Waals surface area contributed by atoms with Crippen molar-refractivity contribution in [3.05, 3.63) is 54.1 Å². The van der Waals surface area contributed by atoms with Crippen LogP contribution in [0.1, 0.15) is 5.56 Å². The van der Waals surface area contributed by atoms with Crippen LogP contribution in [-0.4, -0.2) is 19.7 Å². The van der Waals surface area contributed by atoms with Gasteiger partial charge in [0.15, 0.2) is 0 Å². The molecule has 22 heavy (non-hydrogen) atoms. The molecule has 2 aromatic carbocycles. The summed E-state index contributed by atoms with van der Waals surface area (Å²) in [5.41, 5.74) is 0.843. The lowest BCUT2D eigenvalue weighted by Crippen LogP contribution is -2.02. The zero-order valence-corrected chi connectivity index (χ0v) is 13.5. The predicted molar refractivity (Wildman–Crippen MR) is 81.3 cm³/mol. The first kappa shape index (κ1) is 16.4. The van der Waals surface area contributed by atoms with Crippen LogP contribution in [0.3, 0.4) is 0 Å². The highest BCUT2D eigenvalue weighted by atomic mass is 32.3. The molecule has 118 valence electrons. The van der Waals surface area contributed by atoms with Gasteiger partial charge in [-0.2, -0.15) is 8.42 Å². The van der Waals surface area contributed by atoms with Crippen molar-refractivity contribution in [2.75, 3.05) is 7.11 Å². The zero-order chi connectivity index (χ0) is 16.4. The van der Waals surface area contributed by atoms with Crippen molar-refractivity contribution in [1.29, 1.82) is 0 Å². The summed E-state index contributed by atoms with van der Waals surface area (Å²) in [6, 6.07) is 10.8. The lowest BCUT2D eigenvalue weighted by atomic mass is 10.2. The van der Waals surface area contributed by atoms with Crippen LogP contribution in [-0.2, 0) is 20.1 Å². The number of rotatable bonds is 4. The molecule has 5 nitrogen and oxygen atoms in total. The quantitative estimate of drug-likeness (QED) is 0.800. The Morgan fingerprint density at radius 2 is 1.41 bits per heavy atom. The van der Waals surface area contributed by atoms with Crippen LogP contribution >= 0.6 is 0 Å². The first-order chi connectivity index (χ1) is 10.2. The van der Waals surface area contributed by atoms with E-state index in [0.717, 1.165) is 5.56 Å². The van der Waals surface area contributed by atoms with Gasteiger partial charge in [0.1, 0.15) is 5.75 Å². The second-order valence-corrected chi connectivity index (χ2v) is 7.90. The number of hydrogen-bond acceptors (Lipinski definition) is 4. The summed E-state index contributed by atoms with van der Waals surface area (Å²) in [5, 5.41) is 0. The molecular weight excluding hydrogens is 329 g/mol. The summed E-state index contributed by atoms with van der Waals surface area (Å²) in [6.45, 7) is 1.78. The van der Waals surface area contributed by atoms with E-state index in [2.05, 4.69) is 3.77 Å². The molecule has 0 aliphatic heterocycles. The van der Waals surface area contributed by atoms with E-state index in [-0.39, 0.29) is 9.79 Å². The molecule has 0 radical (unpaired) electrons. The fourth-order valence-corrected chi connectivity index (χ4v) is 4.32. The Morgan fingerprint density at radius 1 is 0.909 bits per heavy atom. The van der Waals surface area contributed by atoms with Gasteiger partial charge in [-0.25, -0.2) is 4.21 Å². The molecular formula is C14H14FNO4S2. The zero-order valence-electron chi connectivity index (χ0n) is 11.9. The van der Waals surface area contributed by atoms with Crippen molar-refractivity contribution >= 4 is 20.1 Å². The maximum absolute atomic E-state index is 14.3. The molecule has 0 fully saturated rings. The Balaban J connectivity index is 2.48. The fourth-order valence-electron chi connectivity index (χ4n) is 1.67. The monoisotopic (exact) mass is 343 g/mol. The lowest BCUT2D eigenvalue weighted by Gasteiger charge is -2.04. The molecule has 2 rings (SSSR count). The molecule has 0 spiro atoms. The van der Waals surface area contributed by atoms with Crippen LogP contribution in [0.15, 0.2) is 62.1 Å². The molecule has 8 heteroatoms. The Bertz CT molecular complexity index is 881. The smallest absolute Gasteiger partial charge is 0.292 e. The molecule has 1 unspecified atom stereocenters. The third kappa shape index (κ3) is 3.63. The lowest BCUT2D eigenvalue weighted by molar-refractivity contribution is 0.414. The molecule has 0 bridgehead atoms. The molecule has 2 aromatic rings. The first-order valence-electron chi connectivity index (χ1n) is 6.18. The van der Waals surface area contributed by atoms with Gasteiger partial charge in [-0.15, -0.1) is 3.89 Å². The number of nitrogens with zero attached hydrogens (tertiary/aromatic N) is 1. The van der Waals surface area contributed by atoms with Gasteiger partial charge in [0.25, 0.3) is 10.0 Å². The molecule has 0 saturated carbocycles. The number of aryl methyl sites for hydroxylation is 1. The predicted octanol–water partition coefficient (Wildman–Crippen LogP) is 3.10. The van der Waals surface area contributed by atoms with Crippen molar-refractivity contribution in [1.82, 2.24) is 0 Å². The van der Waals surface area contributed by atoms with E-state index in [9.17, 15) is 16.5 Å². The third-order valence-corrected chi connectivity index (χ3v) is 6.14. The Morgan fingerprint density at radius 3 is 1.91 bits per heavy atom. The number of halogens is 1. The SMILES string of the molecule is COc1ccc(S(=O)(F)=NS(=O)(=O)c2ccc(C)cc2)cc1. The van der Waals surface area contributed by atoms with Crippen molar-refractivity contribution < 1.29 is 21.2 Å². The average Bonchev–Trinajstić information content (AvgIpc) is 2.46. The van der Waals surface area contributed by atoms with Gasteiger partial charge in [0.2, 0.25) is 10.1 Å². The normalized spacial score (nSPS) is 14.1. The molecule has 0 amide bonds. The second-order valence-electron chi connectivity index (χ2n) is 4.50. The van der Waals surface area contributed by atoms with Crippen LogP contribution in [0.4, 0.5) is 3.89 Å². The van der Waals surface area contributed by atoms with E-state index in [4.69, 9.17) is 4.74 Å². The molecule has 1 atom stereocenters. The highest BCUT2D eigenvalue weighted by Gasteiger charge is 2.20. The van der Waals surface area contributed by atoms with E-state index < -0.39 is 20.1 Å². The van der Waals surface area contributed by atoms with Crippen molar-refractivity contribution in [2.24, 2.45) is 3.77 Å².